The first-order valence-corrected chi connectivity index (χ1v) is 3.31. The molecule has 0 heterocycles. The van der Waals surface area contributed by atoms with E-state index in [0.717, 1.165) is 0 Å². The first-order chi connectivity index (χ1) is 4.81. The highest BCUT2D eigenvalue weighted by molar-refractivity contribution is 5.83. The Kier molecular flexibility index (Phi) is 3.04. The van der Waals surface area contributed by atoms with Crippen LogP contribution in [0.5, 0.6) is 0 Å². The zero-order chi connectivity index (χ0) is 9.07. The van der Waals surface area contributed by atoms with E-state index >= 15 is 0 Å². The Balaban J connectivity index is 3.80. The minimum Gasteiger partial charge on any atom is -0.376 e. The molecule has 11 heavy (non-hydrogen) atoms. The molecule has 0 unspecified atom stereocenters. The maximum atomic E-state index is 10.7. The van der Waals surface area contributed by atoms with Gasteiger partial charge < -0.3 is 10.5 Å². The van der Waals surface area contributed by atoms with Crippen molar-refractivity contribution in [3.05, 3.63) is 0 Å². The van der Waals surface area contributed by atoms with Gasteiger partial charge in [0.15, 0.2) is 0 Å². The van der Waals surface area contributed by atoms with Crippen LogP contribution in [0.1, 0.15) is 27.2 Å². The molecular weight excluding hydrogens is 146 g/mol. The molecule has 0 fully saturated rings. The Morgan fingerprint density at radius 2 is 1.82 bits per heavy atom. The second kappa shape index (κ2) is 3.37. The molecular formula is C7H13NO3. The highest BCUT2D eigenvalue weighted by Crippen LogP contribution is 2.18. The molecule has 1 amide bonds. The van der Waals surface area contributed by atoms with E-state index in [1.54, 1.807) is 0 Å². The van der Waals surface area contributed by atoms with Crippen molar-refractivity contribution in [2.75, 3.05) is 0 Å². The minimum atomic E-state index is -1.04. The number of nitrogens with two attached hydrogens (primary N) is 1. The molecule has 0 aliphatic carbocycles. The molecule has 64 valence electrons. The highest BCUT2D eigenvalue weighted by atomic mass is 16.6. The largest absolute Gasteiger partial charge is 0.412 e. The summed E-state index contributed by atoms with van der Waals surface area (Å²) >= 11 is 0. The average Bonchev–Trinajstić information content (AvgIpc) is 1.53. The lowest BCUT2D eigenvalue weighted by Gasteiger charge is -2.15. The maximum absolute atomic E-state index is 10.7. The van der Waals surface area contributed by atoms with Crippen molar-refractivity contribution in [2.45, 2.75) is 27.2 Å². The molecule has 0 atom stereocenters. The molecule has 4 heteroatoms. The molecule has 2 N–H and O–H groups in total. The van der Waals surface area contributed by atoms with Crippen LogP contribution in [0.4, 0.5) is 4.79 Å². The van der Waals surface area contributed by atoms with Gasteiger partial charge in [-0.05, 0) is 5.41 Å². The molecule has 0 spiro atoms. The normalized spacial score (nSPS) is 10.8. The summed E-state index contributed by atoms with van der Waals surface area (Å²) in [5, 5.41) is 0. The lowest BCUT2D eigenvalue weighted by atomic mass is 9.93. The molecule has 0 aliphatic rings. The van der Waals surface area contributed by atoms with Gasteiger partial charge in [-0.3, -0.25) is 4.79 Å². The fourth-order valence-electron chi connectivity index (χ4n) is 0.581. The molecule has 0 radical (unpaired) electrons. The average molecular weight is 159 g/mol. The van der Waals surface area contributed by atoms with Gasteiger partial charge in [0.1, 0.15) is 0 Å². The summed E-state index contributed by atoms with van der Waals surface area (Å²) in [6.07, 6.45) is -0.852. The summed E-state index contributed by atoms with van der Waals surface area (Å²) in [5.74, 6) is -0.579. The number of carbonyl (C=O) groups is 2. The predicted molar refractivity (Wildman–Crippen MR) is 39.7 cm³/mol. The molecule has 0 bridgehead atoms. The van der Waals surface area contributed by atoms with Crippen molar-refractivity contribution < 1.29 is 14.3 Å². The van der Waals surface area contributed by atoms with E-state index in [-0.39, 0.29) is 11.8 Å². The van der Waals surface area contributed by atoms with E-state index < -0.39 is 12.1 Å². The first kappa shape index (κ1) is 9.94. The van der Waals surface area contributed by atoms with Crippen LogP contribution >= 0.6 is 0 Å². The third-order valence-electron chi connectivity index (χ3n) is 0.889. The van der Waals surface area contributed by atoms with Crippen LogP contribution in [0.2, 0.25) is 0 Å². The van der Waals surface area contributed by atoms with Crippen LogP contribution in [-0.4, -0.2) is 12.1 Å². The smallest absolute Gasteiger partial charge is 0.376 e. The van der Waals surface area contributed by atoms with E-state index in [4.69, 9.17) is 0 Å². The fourth-order valence-corrected chi connectivity index (χ4v) is 0.581. The Labute approximate surface area is 65.7 Å². The van der Waals surface area contributed by atoms with Crippen LogP contribution in [0.25, 0.3) is 0 Å². The van der Waals surface area contributed by atoms with E-state index in [2.05, 4.69) is 10.5 Å². The lowest BCUT2D eigenvalue weighted by molar-refractivity contribution is -0.139. The van der Waals surface area contributed by atoms with E-state index in [1.807, 2.05) is 20.8 Å². The summed E-state index contributed by atoms with van der Waals surface area (Å²) < 4.78 is 4.13. The van der Waals surface area contributed by atoms with Crippen molar-refractivity contribution in [2.24, 2.45) is 11.1 Å². The van der Waals surface area contributed by atoms with Crippen molar-refractivity contribution in [1.82, 2.24) is 0 Å². The molecule has 0 saturated carbocycles. The quantitative estimate of drug-likeness (QED) is 0.459. The number of hydrogen-bond acceptors (Lipinski definition) is 3. The molecule has 0 rings (SSSR count). The summed E-state index contributed by atoms with van der Waals surface area (Å²) in [7, 11) is 0. The zero-order valence-corrected chi connectivity index (χ0v) is 7.01. The fraction of sp³-hybridized carbons (Fsp3) is 0.714. The molecule has 0 aliphatic heterocycles. The van der Waals surface area contributed by atoms with E-state index in [1.165, 1.54) is 0 Å². The molecule has 0 saturated heterocycles. The number of hydrogen-bond donors (Lipinski definition) is 1. The van der Waals surface area contributed by atoms with Crippen LogP contribution in [0.15, 0.2) is 0 Å². The number of carbonyl (C=O) groups excluding carboxylic acids is 2. The van der Waals surface area contributed by atoms with E-state index in [0.29, 0.717) is 0 Å². The van der Waals surface area contributed by atoms with Gasteiger partial charge in [0, 0.05) is 0 Å². The molecule has 0 aromatic carbocycles. The Morgan fingerprint density at radius 3 is 2.09 bits per heavy atom. The Hall–Kier alpha value is -1.06. The maximum Gasteiger partial charge on any atom is 0.412 e. The number of primary amides is 1. The van der Waals surface area contributed by atoms with Crippen LogP contribution < -0.4 is 5.73 Å². The Bertz CT molecular complexity index is 169. The van der Waals surface area contributed by atoms with Crippen molar-refractivity contribution in [3.63, 3.8) is 0 Å². The standard InChI is InChI=1S/C7H13NO3/c1-7(2,3)4-5(9)11-6(8)10/h4H2,1-3H3,(H2,8,10). The van der Waals surface area contributed by atoms with Gasteiger partial charge in [-0.2, -0.15) is 0 Å². The third kappa shape index (κ3) is 6.83. The predicted octanol–water partition coefficient (Wildman–Crippen LogP) is 1.04. The van der Waals surface area contributed by atoms with Gasteiger partial charge in [0.2, 0.25) is 0 Å². The Morgan fingerprint density at radius 1 is 1.36 bits per heavy atom. The number of esters is 1. The van der Waals surface area contributed by atoms with Gasteiger partial charge in [-0.25, -0.2) is 4.79 Å². The summed E-state index contributed by atoms with van der Waals surface area (Å²) in [4.78, 5) is 20.8. The van der Waals surface area contributed by atoms with Crippen LogP contribution in [0, 0.1) is 5.41 Å². The molecule has 0 aromatic heterocycles. The lowest BCUT2D eigenvalue weighted by Crippen LogP contribution is -2.22. The van der Waals surface area contributed by atoms with Gasteiger partial charge in [0.25, 0.3) is 0 Å². The van der Waals surface area contributed by atoms with E-state index in [9.17, 15) is 9.59 Å². The SMILES string of the molecule is CC(C)(C)CC(=O)OC(N)=O. The van der Waals surface area contributed by atoms with Crippen molar-refractivity contribution in [3.8, 4) is 0 Å². The highest BCUT2D eigenvalue weighted by Gasteiger charge is 2.18. The van der Waals surface area contributed by atoms with Crippen LogP contribution in [-0.2, 0) is 9.53 Å². The number of rotatable bonds is 1. The minimum absolute atomic E-state index is 0.174. The summed E-state index contributed by atoms with van der Waals surface area (Å²) in [5.41, 5.74) is 4.46. The summed E-state index contributed by atoms with van der Waals surface area (Å²) in [6.45, 7) is 5.61. The molecule has 4 nitrogen and oxygen atoms in total. The number of amides is 1. The first-order valence-electron chi connectivity index (χ1n) is 3.31. The van der Waals surface area contributed by atoms with Crippen LogP contribution in [0.3, 0.4) is 0 Å². The monoisotopic (exact) mass is 159 g/mol. The summed E-state index contributed by atoms with van der Waals surface area (Å²) in [6, 6.07) is 0. The van der Waals surface area contributed by atoms with Gasteiger partial charge in [-0.1, -0.05) is 20.8 Å². The second-order valence-electron chi connectivity index (χ2n) is 3.53. The topological polar surface area (TPSA) is 69.4 Å². The molecule has 0 aromatic rings. The van der Waals surface area contributed by atoms with Gasteiger partial charge in [0.05, 0.1) is 6.42 Å². The van der Waals surface area contributed by atoms with Gasteiger partial charge >= 0.3 is 12.1 Å². The zero-order valence-electron chi connectivity index (χ0n) is 7.01. The third-order valence-corrected chi connectivity index (χ3v) is 0.889. The van der Waals surface area contributed by atoms with Gasteiger partial charge in [-0.15, -0.1) is 0 Å². The van der Waals surface area contributed by atoms with Crippen molar-refractivity contribution >= 4 is 12.1 Å². The van der Waals surface area contributed by atoms with Crippen molar-refractivity contribution in [1.29, 1.82) is 0 Å². The second-order valence-corrected chi connectivity index (χ2v) is 3.53. The number of ether oxygens (including phenoxy) is 1.